The van der Waals surface area contributed by atoms with Crippen LogP contribution in [0.25, 0.3) is 10.9 Å². The zero-order valence-electron chi connectivity index (χ0n) is 17.4. The molecule has 0 spiro atoms. The van der Waals surface area contributed by atoms with Gasteiger partial charge < -0.3 is 9.77 Å². The number of hydrogen-bond donors (Lipinski definition) is 1. The standard InChI is InChI=1S/C24H31N3O/c1-5-16-12-17-14-27-11-10-19-18-8-6-7-9-21(18)26(4)23(19)24(27,3)13-20(17)15(2)22(16)25-28/h5-9,15,17,20,28H,10-14H2,1-4H3/b16-5+,25-22-/t15-,17?,20?,24+/m1/s1. The van der Waals surface area contributed by atoms with Crippen LogP contribution in [0.2, 0.25) is 0 Å². The molecule has 1 aromatic heterocycles. The molecule has 1 N–H and O–H groups in total. The van der Waals surface area contributed by atoms with Crippen LogP contribution in [0.5, 0.6) is 0 Å². The quantitative estimate of drug-likeness (QED) is 0.534. The van der Waals surface area contributed by atoms with Gasteiger partial charge in [0.1, 0.15) is 0 Å². The lowest BCUT2D eigenvalue weighted by atomic mass is 9.61. The third-order valence-electron chi connectivity index (χ3n) is 8.09. The monoisotopic (exact) mass is 377 g/mol. The Hall–Kier alpha value is -2.07. The highest BCUT2D eigenvalue weighted by molar-refractivity contribution is 6.02. The molecule has 148 valence electrons. The van der Waals surface area contributed by atoms with Crippen molar-refractivity contribution in [3.63, 3.8) is 0 Å². The first-order valence-electron chi connectivity index (χ1n) is 10.7. The SMILES string of the molecule is C/C=C1\CC2CN3CCc4c(n(C)c5ccccc45)[C@]3(C)CC2[C@@H](C)\C1=N\O. The Kier molecular flexibility index (Phi) is 3.99. The molecule has 3 aliphatic rings. The van der Waals surface area contributed by atoms with Crippen molar-refractivity contribution in [2.75, 3.05) is 13.1 Å². The van der Waals surface area contributed by atoms with E-state index in [-0.39, 0.29) is 5.54 Å². The van der Waals surface area contributed by atoms with Gasteiger partial charge in [-0.05, 0) is 62.1 Å². The summed E-state index contributed by atoms with van der Waals surface area (Å²) in [5.41, 5.74) is 6.60. The van der Waals surface area contributed by atoms with Gasteiger partial charge in [-0.3, -0.25) is 4.90 Å². The average Bonchev–Trinajstić information content (AvgIpc) is 3.00. The highest BCUT2D eigenvalue weighted by atomic mass is 16.4. The van der Waals surface area contributed by atoms with Crippen LogP contribution >= 0.6 is 0 Å². The van der Waals surface area contributed by atoms with Crippen molar-refractivity contribution in [2.24, 2.45) is 30.0 Å². The van der Waals surface area contributed by atoms with Crippen molar-refractivity contribution in [3.05, 3.63) is 47.2 Å². The van der Waals surface area contributed by atoms with E-state index in [1.54, 1.807) is 5.56 Å². The molecule has 4 heteroatoms. The second-order valence-corrected chi connectivity index (χ2v) is 9.29. The van der Waals surface area contributed by atoms with E-state index in [2.05, 4.69) is 72.8 Å². The van der Waals surface area contributed by atoms with Gasteiger partial charge in [-0.25, -0.2) is 0 Å². The fraction of sp³-hybridized carbons (Fsp3) is 0.542. The molecule has 4 nitrogen and oxygen atoms in total. The normalized spacial score (nSPS) is 35.8. The third-order valence-corrected chi connectivity index (χ3v) is 8.09. The molecule has 2 fully saturated rings. The number of nitrogens with zero attached hydrogens (tertiary/aromatic N) is 3. The van der Waals surface area contributed by atoms with Gasteiger partial charge in [0.2, 0.25) is 0 Å². The zero-order valence-corrected chi connectivity index (χ0v) is 17.4. The Morgan fingerprint density at radius 1 is 1.29 bits per heavy atom. The Morgan fingerprint density at radius 3 is 2.82 bits per heavy atom. The van der Waals surface area contributed by atoms with E-state index in [4.69, 9.17) is 0 Å². The first-order chi connectivity index (χ1) is 13.5. The molecule has 1 saturated heterocycles. The average molecular weight is 378 g/mol. The van der Waals surface area contributed by atoms with Gasteiger partial charge >= 0.3 is 0 Å². The van der Waals surface area contributed by atoms with Crippen LogP contribution in [0.4, 0.5) is 0 Å². The summed E-state index contributed by atoms with van der Waals surface area (Å²) in [5, 5.41) is 14.8. The van der Waals surface area contributed by atoms with Crippen LogP contribution in [-0.4, -0.2) is 33.5 Å². The van der Waals surface area contributed by atoms with Crippen LogP contribution in [0.3, 0.4) is 0 Å². The molecule has 0 amide bonds. The summed E-state index contributed by atoms with van der Waals surface area (Å²) in [6.07, 6.45) is 5.46. The smallest absolute Gasteiger partial charge is 0.0855 e. The van der Waals surface area contributed by atoms with Gasteiger partial charge in [0, 0.05) is 42.7 Å². The van der Waals surface area contributed by atoms with Gasteiger partial charge in [0.05, 0.1) is 11.3 Å². The van der Waals surface area contributed by atoms with Crippen LogP contribution in [0.15, 0.2) is 41.1 Å². The highest BCUT2D eigenvalue weighted by Gasteiger charge is 2.52. The van der Waals surface area contributed by atoms with Crippen LogP contribution in [0, 0.1) is 17.8 Å². The number of rotatable bonds is 0. The van der Waals surface area contributed by atoms with Crippen LogP contribution < -0.4 is 0 Å². The molecule has 0 radical (unpaired) electrons. The van der Waals surface area contributed by atoms with E-state index in [0.717, 1.165) is 38.1 Å². The number of fused-ring (bicyclic) bond motifs is 6. The number of hydrogen-bond acceptors (Lipinski definition) is 3. The van der Waals surface area contributed by atoms with Gasteiger partial charge in [-0.2, -0.15) is 0 Å². The van der Waals surface area contributed by atoms with Gasteiger partial charge in [0.15, 0.2) is 0 Å². The predicted molar refractivity (Wildman–Crippen MR) is 114 cm³/mol. The molecule has 3 heterocycles. The second kappa shape index (κ2) is 6.21. The molecular formula is C24H31N3O. The second-order valence-electron chi connectivity index (χ2n) is 9.29. The number of allylic oxidation sites excluding steroid dienone is 2. The van der Waals surface area contributed by atoms with E-state index in [9.17, 15) is 5.21 Å². The molecule has 28 heavy (non-hydrogen) atoms. The first kappa shape index (κ1) is 18.0. The summed E-state index contributed by atoms with van der Waals surface area (Å²) >= 11 is 0. The van der Waals surface area contributed by atoms with E-state index in [1.165, 1.54) is 22.2 Å². The molecule has 0 bridgehead atoms. The van der Waals surface area contributed by atoms with Crippen molar-refractivity contribution in [3.8, 4) is 0 Å². The largest absolute Gasteiger partial charge is 0.411 e. The molecule has 2 aliphatic heterocycles. The third kappa shape index (κ3) is 2.24. The lowest BCUT2D eigenvalue weighted by Crippen LogP contribution is -2.59. The van der Waals surface area contributed by atoms with E-state index < -0.39 is 0 Å². The maximum Gasteiger partial charge on any atom is 0.0855 e. The molecule has 4 atom stereocenters. The summed E-state index contributed by atoms with van der Waals surface area (Å²) in [6, 6.07) is 8.86. The minimum absolute atomic E-state index is 0.0464. The zero-order chi connectivity index (χ0) is 19.6. The van der Waals surface area contributed by atoms with Crippen molar-refractivity contribution in [1.82, 2.24) is 9.47 Å². The number of benzene rings is 1. The summed E-state index contributed by atoms with van der Waals surface area (Å²) in [4.78, 5) is 2.75. The number of aromatic nitrogens is 1. The van der Waals surface area contributed by atoms with Crippen molar-refractivity contribution >= 4 is 16.6 Å². The summed E-state index contributed by atoms with van der Waals surface area (Å²) in [7, 11) is 2.24. The molecule has 1 aliphatic carbocycles. The van der Waals surface area contributed by atoms with E-state index >= 15 is 0 Å². The highest BCUT2D eigenvalue weighted by Crippen LogP contribution is 2.52. The molecule has 1 saturated carbocycles. The lowest BCUT2D eigenvalue weighted by Gasteiger charge is -2.56. The Morgan fingerprint density at radius 2 is 2.07 bits per heavy atom. The molecule has 1 aromatic carbocycles. The predicted octanol–water partition coefficient (Wildman–Crippen LogP) is 4.70. The van der Waals surface area contributed by atoms with Gasteiger partial charge in [0.25, 0.3) is 0 Å². The summed E-state index contributed by atoms with van der Waals surface area (Å²) in [6.45, 7) is 9.07. The summed E-state index contributed by atoms with van der Waals surface area (Å²) < 4.78 is 2.45. The maximum absolute atomic E-state index is 9.68. The number of aryl methyl sites for hydroxylation is 1. The lowest BCUT2D eigenvalue weighted by molar-refractivity contribution is -0.0298. The molecule has 5 rings (SSSR count). The van der Waals surface area contributed by atoms with E-state index in [1.807, 2.05) is 0 Å². The fourth-order valence-corrected chi connectivity index (χ4v) is 6.72. The maximum atomic E-state index is 9.68. The minimum atomic E-state index is 0.0464. The Bertz CT molecular complexity index is 1000. The first-order valence-corrected chi connectivity index (χ1v) is 10.7. The van der Waals surface area contributed by atoms with Crippen LogP contribution in [0.1, 0.15) is 44.9 Å². The minimum Gasteiger partial charge on any atom is -0.411 e. The topological polar surface area (TPSA) is 40.8 Å². The van der Waals surface area contributed by atoms with Gasteiger partial charge in [-0.1, -0.05) is 36.4 Å². The summed E-state index contributed by atoms with van der Waals surface area (Å²) in [5.74, 6) is 1.50. The number of para-hydroxylation sites is 1. The van der Waals surface area contributed by atoms with Crippen LogP contribution in [-0.2, 0) is 19.0 Å². The van der Waals surface area contributed by atoms with Crippen molar-refractivity contribution in [1.29, 1.82) is 0 Å². The van der Waals surface area contributed by atoms with Crippen molar-refractivity contribution < 1.29 is 5.21 Å². The molecule has 2 aromatic rings. The van der Waals surface area contributed by atoms with Crippen molar-refractivity contribution in [2.45, 2.75) is 45.6 Å². The Labute approximate surface area is 167 Å². The molecular weight excluding hydrogens is 346 g/mol. The molecule has 2 unspecified atom stereocenters. The van der Waals surface area contributed by atoms with E-state index in [0.29, 0.717) is 17.8 Å². The van der Waals surface area contributed by atoms with Gasteiger partial charge in [-0.15, -0.1) is 0 Å². The number of piperidine rings is 1. The Balaban J connectivity index is 1.62. The number of oxime groups is 1. The fourth-order valence-electron chi connectivity index (χ4n) is 6.72.